The largest absolute Gasteiger partial charge is 0.356 e. The molecule has 2 amide bonds. The first-order chi connectivity index (χ1) is 13.2. The van der Waals surface area contributed by atoms with Gasteiger partial charge in [0, 0.05) is 62.8 Å². The number of rotatable bonds is 8. The maximum atomic E-state index is 12.4. The molecule has 7 heteroatoms. The molecule has 2 aromatic rings. The van der Waals surface area contributed by atoms with Crippen molar-refractivity contribution in [3.63, 3.8) is 0 Å². The number of aryl methyl sites for hydroxylation is 1. The minimum absolute atomic E-state index is 0.0279. The summed E-state index contributed by atoms with van der Waals surface area (Å²) in [6.07, 6.45) is 8.97. The highest BCUT2D eigenvalue weighted by molar-refractivity contribution is 5.89. The standard InChI is InChI=1S/C20H25N5O2/c26-19-11-17(14-24(19)13-15-3-1-7-21-12-15)20(27)22-8-2-10-25-18(6-9-23-25)16-4-5-16/h1,3,6-7,9,12,16-17H,2,4-5,8,10-11,13-14H2,(H,22,27)/t17-/m1/s1. The lowest BCUT2D eigenvalue weighted by Crippen LogP contribution is -2.33. The van der Waals surface area contributed by atoms with Gasteiger partial charge in [-0.05, 0) is 37.0 Å². The van der Waals surface area contributed by atoms with Gasteiger partial charge >= 0.3 is 0 Å². The van der Waals surface area contributed by atoms with Crippen LogP contribution < -0.4 is 5.32 Å². The predicted octanol–water partition coefficient (Wildman–Crippen LogP) is 1.71. The molecule has 1 aliphatic carbocycles. The van der Waals surface area contributed by atoms with Crippen LogP contribution in [0.5, 0.6) is 0 Å². The SMILES string of the molecule is O=C(NCCCn1nccc1C1CC1)[C@@H]1CC(=O)N(Cc2cccnc2)C1. The van der Waals surface area contributed by atoms with Crippen molar-refractivity contribution in [1.29, 1.82) is 0 Å². The summed E-state index contributed by atoms with van der Waals surface area (Å²) >= 11 is 0. The van der Waals surface area contributed by atoms with Crippen LogP contribution in [-0.4, -0.2) is 44.6 Å². The Morgan fingerprint density at radius 3 is 2.93 bits per heavy atom. The van der Waals surface area contributed by atoms with Crippen molar-refractivity contribution in [2.24, 2.45) is 5.92 Å². The Hall–Kier alpha value is -2.70. The van der Waals surface area contributed by atoms with Crippen LogP contribution in [0.4, 0.5) is 0 Å². The Labute approximate surface area is 158 Å². The monoisotopic (exact) mass is 367 g/mol. The van der Waals surface area contributed by atoms with E-state index in [-0.39, 0.29) is 24.2 Å². The number of nitrogens with one attached hydrogen (secondary N) is 1. The van der Waals surface area contributed by atoms with Gasteiger partial charge < -0.3 is 10.2 Å². The number of likely N-dealkylation sites (tertiary alicyclic amines) is 1. The molecule has 1 N–H and O–H groups in total. The molecule has 0 unspecified atom stereocenters. The molecule has 0 radical (unpaired) electrons. The van der Waals surface area contributed by atoms with Crippen LogP contribution in [0.1, 0.15) is 42.9 Å². The van der Waals surface area contributed by atoms with Crippen molar-refractivity contribution in [3.8, 4) is 0 Å². The summed E-state index contributed by atoms with van der Waals surface area (Å²) in [5.41, 5.74) is 2.30. The van der Waals surface area contributed by atoms with E-state index in [2.05, 4.69) is 26.1 Å². The Balaban J connectivity index is 1.20. The number of amides is 2. The molecule has 3 heterocycles. The maximum Gasteiger partial charge on any atom is 0.225 e. The molecule has 2 aromatic heterocycles. The van der Waals surface area contributed by atoms with Crippen LogP contribution in [0.2, 0.25) is 0 Å². The van der Waals surface area contributed by atoms with E-state index < -0.39 is 0 Å². The first kappa shape index (κ1) is 17.7. The molecule has 7 nitrogen and oxygen atoms in total. The second-order valence-electron chi connectivity index (χ2n) is 7.43. The molecule has 1 saturated heterocycles. The third-order valence-corrected chi connectivity index (χ3v) is 5.27. The quantitative estimate of drug-likeness (QED) is 0.721. The molecule has 0 spiro atoms. The van der Waals surface area contributed by atoms with E-state index in [4.69, 9.17) is 0 Å². The summed E-state index contributed by atoms with van der Waals surface area (Å²) in [5, 5.41) is 7.36. The van der Waals surface area contributed by atoms with E-state index >= 15 is 0 Å². The fraction of sp³-hybridized carbons (Fsp3) is 0.500. The summed E-state index contributed by atoms with van der Waals surface area (Å²) < 4.78 is 2.05. The number of hydrogen-bond donors (Lipinski definition) is 1. The fourth-order valence-corrected chi connectivity index (χ4v) is 3.65. The lowest BCUT2D eigenvalue weighted by atomic mass is 10.1. The first-order valence-electron chi connectivity index (χ1n) is 9.67. The van der Waals surface area contributed by atoms with Gasteiger partial charge in [-0.2, -0.15) is 5.10 Å². The van der Waals surface area contributed by atoms with Gasteiger partial charge in [0.05, 0.1) is 5.92 Å². The van der Waals surface area contributed by atoms with E-state index in [1.807, 2.05) is 18.3 Å². The molecule has 1 saturated carbocycles. The first-order valence-corrected chi connectivity index (χ1v) is 9.67. The van der Waals surface area contributed by atoms with E-state index in [0.29, 0.717) is 25.6 Å². The zero-order valence-corrected chi connectivity index (χ0v) is 15.4. The molecular weight excluding hydrogens is 342 g/mol. The number of pyridine rings is 1. The van der Waals surface area contributed by atoms with Crippen molar-refractivity contribution in [2.45, 2.75) is 44.7 Å². The topological polar surface area (TPSA) is 80.1 Å². The molecule has 27 heavy (non-hydrogen) atoms. The summed E-state index contributed by atoms with van der Waals surface area (Å²) in [6, 6.07) is 5.89. The van der Waals surface area contributed by atoms with Gasteiger partial charge in [0.2, 0.25) is 11.8 Å². The van der Waals surface area contributed by atoms with Crippen molar-refractivity contribution in [1.82, 2.24) is 25.0 Å². The number of aromatic nitrogens is 3. The summed E-state index contributed by atoms with van der Waals surface area (Å²) in [6.45, 7) is 2.41. The molecule has 2 aliphatic rings. The number of carbonyl (C=O) groups is 2. The van der Waals surface area contributed by atoms with Gasteiger partial charge in [-0.25, -0.2) is 0 Å². The van der Waals surface area contributed by atoms with Crippen molar-refractivity contribution in [3.05, 3.63) is 48.0 Å². The smallest absolute Gasteiger partial charge is 0.225 e. The third kappa shape index (κ3) is 4.35. The van der Waals surface area contributed by atoms with Crippen LogP contribution in [0, 0.1) is 5.92 Å². The maximum absolute atomic E-state index is 12.4. The van der Waals surface area contributed by atoms with E-state index in [1.165, 1.54) is 18.5 Å². The second-order valence-corrected chi connectivity index (χ2v) is 7.43. The molecule has 2 fully saturated rings. The molecule has 0 aromatic carbocycles. The Kier molecular flexibility index (Phi) is 5.18. The van der Waals surface area contributed by atoms with Crippen LogP contribution in [0.15, 0.2) is 36.8 Å². The van der Waals surface area contributed by atoms with Gasteiger partial charge in [-0.1, -0.05) is 6.07 Å². The van der Waals surface area contributed by atoms with Crippen LogP contribution >= 0.6 is 0 Å². The van der Waals surface area contributed by atoms with Gasteiger partial charge in [-0.3, -0.25) is 19.3 Å². The molecule has 0 bridgehead atoms. The van der Waals surface area contributed by atoms with Crippen molar-refractivity contribution >= 4 is 11.8 Å². The van der Waals surface area contributed by atoms with Crippen molar-refractivity contribution in [2.75, 3.05) is 13.1 Å². The Bertz CT molecular complexity index is 800. The number of carbonyl (C=O) groups excluding carboxylic acids is 2. The molecule has 1 aliphatic heterocycles. The predicted molar refractivity (Wildman–Crippen MR) is 99.6 cm³/mol. The summed E-state index contributed by atoms with van der Waals surface area (Å²) in [4.78, 5) is 30.4. The van der Waals surface area contributed by atoms with E-state index in [1.54, 1.807) is 17.3 Å². The highest BCUT2D eigenvalue weighted by Gasteiger charge is 2.34. The van der Waals surface area contributed by atoms with Crippen molar-refractivity contribution < 1.29 is 9.59 Å². The second kappa shape index (κ2) is 7.90. The molecule has 1 atom stereocenters. The Morgan fingerprint density at radius 2 is 2.15 bits per heavy atom. The fourth-order valence-electron chi connectivity index (χ4n) is 3.65. The minimum atomic E-state index is -0.263. The Morgan fingerprint density at radius 1 is 1.26 bits per heavy atom. The van der Waals surface area contributed by atoms with E-state index in [0.717, 1.165) is 18.5 Å². The van der Waals surface area contributed by atoms with Crippen LogP contribution in [0.25, 0.3) is 0 Å². The zero-order chi connectivity index (χ0) is 18.6. The van der Waals surface area contributed by atoms with Gasteiger partial charge in [0.25, 0.3) is 0 Å². The lowest BCUT2D eigenvalue weighted by molar-refractivity contribution is -0.129. The minimum Gasteiger partial charge on any atom is -0.356 e. The molecular formula is C20H25N5O2. The highest BCUT2D eigenvalue weighted by Crippen LogP contribution is 2.39. The average molecular weight is 367 g/mol. The normalized spacial score (nSPS) is 19.5. The van der Waals surface area contributed by atoms with Gasteiger partial charge in [-0.15, -0.1) is 0 Å². The summed E-state index contributed by atoms with van der Waals surface area (Å²) in [7, 11) is 0. The average Bonchev–Trinajstić information content (AvgIpc) is 3.31. The van der Waals surface area contributed by atoms with E-state index in [9.17, 15) is 9.59 Å². The number of hydrogen-bond acceptors (Lipinski definition) is 4. The van der Waals surface area contributed by atoms with Crippen LogP contribution in [-0.2, 0) is 22.7 Å². The lowest BCUT2D eigenvalue weighted by Gasteiger charge is -2.16. The highest BCUT2D eigenvalue weighted by atomic mass is 16.2. The number of nitrogens with zero attached hydrogens (tertiary/aromatic N) is 4. The van der Waals surface area contributed by atoms with Crippen LogP contribution in [0.3, 0.4) is 0 Å². The summed E-state index contributed by atoms with van der Waals surface area (Å²) in [5.74, 6) is 0.419. The van der Waals surface area contributed by atoms with Gasteiger partial charge in [0.1, 0.15) is 0 Å². The molecule has 142 valence electrons. The third-order valence-electron chi connectivity index (χ3n) is 5.27. The molecule has 4 rings (SSSR count). The zero-order valence-electron chi connectivity index (χ0n) is 15.4. The van der Waals surface area contributed by atoms with Gasteiger partial charge in [0.15, 0.2) is 0 Å².